The van der Waals surface area contributed by atoms with Crippen LogP contribution in [0.2, 0.25) is 0 Å². The van der Waals surface area contributed by atoms with Crippen molar-refractivity contribution in [3.63, 3.8) is 0 Å². The molecule has 2 aromatic rings. The number of anilines is 1. The number of likely N-dealkylation sites (tertiary alicyclic amines) is 1. The second-order valence-corrected chi connectivity index (χ2v) is 6.90. The number of aromatic nitrogens is 3. The van der Waals surface area contributed by atoms with E-state index in [4.69, 9.17) is 4.74 Å². The van der Waals surface area contributed by atoms with E-state index in [1.54, 1.807) is 29.9 Å². The Kier molecular flexibility index (Phi) is 4.86. The molecule has 130 valence electrons. The quantitative estimate of drug-likeness (QED) is 0.826. The minimum atomic E-state index is 0.0531. The molecule has 3 heterocycles. The fourth-order valence-electron chi connectivity index (χ4n) is 3.39. The third-order valence-corrected chi connectivity index (χ3v) is 5.37. The summed E-state index contributed by atoms with van der Waals surface area (Å²) in [6.45, 7) is 3.27. The third kappa shape index (κ3) is 3.03. The maximum atomic E-state index is 12.6. The summed E-state index contributed by atoms with van der Waals surface area (Å²) >= 11 is 1.47. The Bertz CT molecular complexity index is 712. The number of nitrogens with zero attached hydrogens (tertiary/aromatic N) is 5. The lowest BCUT2D eigenvalue weighted by Crippen LogP contribution is -2.38. The van der Waals surface area contributed by atoms with Gasteiger partial charge < -0.3 is 4.74 Å². The lowest BCUT2D eigenvalue weighted by Gasteiger charge is -2.26. The van der Waals surface area contributed by atoms with Crippen LogP contribution in [-0.2, 0) is 11.8 Å². The Hall–Kier alpha value is -1.93. The van der Waals surface area contributed by atoms with Gasteiger partial charge in [-0.2, -0.15) is 5.10 Å². The van der Waals surface area contributed by atoms with Gasteiger partial charge in [0.25, 0.3) is 0 Å². The standard InChI is InChI=1S/C16H23N5O2S/c1-11-14(15(23-4)20(3)18-11)12-6-5-8-21(12)10-13(22)19(2)16-17-7-9-24-16/h7,9,12H,5-6,8,10H2,1-4H3/t12-/m1/s1. The van der Waals surface area contributed by atoms with Crippen LogP contribution in [-0.4, -0.2) is 52.8 Å². The zero-order valence-corrected chi connectivity index (χ0v) is 15.3. The second-order valence-electron chi connectivity index (χ2n) is 6.03. The van der Waals surface area contributed by atoms with Gasteiger partial charge in [-0.1, -0.05) is 0 Å². The van der Waals surface area contributed by atoms with E-state index < -0.39 is 0 Å². The van der Waals surface area contributed by atoms with E-state index in [9.17, 15) is 4.79 Å². The fourth-order valence-corrected chi connectivity index (χ4v) is 4.01. The molecule has 8 heteroatoms. The van der Waals surface area contributed by atoms with Gasteiger partial charge in [0.05, 0.1) is 24.9 Å². The average molecular weight is 349 g/mol. The lowest BCUT2D eigenvalue weighted by molar-refractivity contribution is -0.119. The number of ether oxygens (including phenoxy) is 1. The highest BCUT2D eigenvalue weighted by Gasteiger charge is 2.33. The Morgan fingerprint density at radius 1 is 1.54 bits per heavy atom. The van der Waals surface area contributed by atoms with Crippen LogP contribution in [0.25, 0.3) is 0 Å². The van der Waals surface area contributed by atoms with Crippen molar-refractivity contribution < 1.29 is 9.53 Å². The molecular formula is C16H23N5O2S. The van der Waals surface area contributed by atoms with Gasteiger partial charge in [0.2, 0.25) is 11.8 Å². The number of hydrogen-bond acceptors (Lipinski definition) is 6. The van der Waals surface area contributed by atoms with E-state index >= 15 is 0 Å². The summed E-state index contributed by atoms with van der Waals surface area (Å²) in [5, 5.41) is 7.08. The van der Waals surface area contributed by atoms with E-state index in [1.165, 1.54) is 11.3 Å². The summed E-state index contributed by atoms with van der Waals surface area (Å²) in [7, 11) is 5.33. The summed E-state index contributed by atoms with van der Waals surface area (Å²) < 4.78 is 7.31. The number of likely N-dealkylation sites (N-methyl/N-ethyl adjacent to an activating group) is 1. The van der Waals surface area contributed by atoms with Gasteiger partial charge >= 0.3 is 0 Å². The molecule has 24 heavy (non-hydrogen) atoms. The number of rotatable bonds is 5. The number of carbonyl (C=O) groups is 1. The van der Waals surface area contributed by atoms with E-state index in [0.29, 0.717) is 6.54 Å². The van der Waals surface area contributed by atoms with Crippen LogP contribution in [0.4, 0.5) is 5.13 Å². The van der Waals surface area contributed by atoms with Gasteiger partial charge in [-0.25, -0.2) is 9.67 Å². The molecule has 0 N–H and O–H groups in total. The minimum Gasteiger partial charge on any atom is -0.481 e. The van der Waals surface area contributed by atoms with Gasteiger partial charge in [0.15, 0.2) is 5.13 Å². The van der Waals surface area contributed by atoms with Crippen LogP contribution < -0.4 is 9.64 Å². The first-order chi connectivity index (χ1) is 11.5. The van der Waals surface area contributed by atoms with Gasteiger partial charge in [-0.3, -0.25) is 14.6 Å². The Balaban J connectivity index is 1.78. The molecule has 0 saturated carbocycles. The maximum Gasteiger partial charge on any atom is 0.242 e. The molecule has 1 aliphatic heterocycles. The van der Waals surface area contributed by atoms with Crippen LogP contribution in [0.1, 0.15) is 30.1 Å². The van der Waals surface area contributed by atoms with Crippen LogP contribution in [0.5, 0.6) is 5.88 Å². The molecule has 3 rings (SSSR count). The first-order valence-corrected chi connectivity index (χ1v) is 8.88. The number of methoxy groups -OCH3 is 1. The largest absolute Gasteiger partial charge is 0.481 e. The van der Waals surface area contributed by atoms with Crippen LogP contribution in [0.3, 0.4) is 0 Å². The molecule has 0 radical (unpaired) electrons. The topological polar surface area (TPSA) is 63.5 Å². The molecule has 1 amide bonds. The normalized spacial score (nSPS) is 18.1. The summed E-state index contributed by atoms with van der Waals surface area (Å²) in [6, 6.07) is 0.169. The van der Waals surface area contributed by atoms with Gasteiger partial charge in [-0.05, 0) is 26.3 Å². The average Bonchev–Trinajstić information content (AvgIpc) is 3.27. The molecule has 1 atom stereocenters. The number of carbonyl (C=O) groups excluding carboxylic acids is 1. The molecule has 0 bridgehead atoms. The first-order valence-electron chi connectivity index (χ1n) is 8.00. The molecular weight excluding hydrogens is 326 g/mol. The Morgan fingerprint density at radius 2 is 2.33 bits per heavy atom. The van der Waals surface area contributed by atoms with Crippen LogP contribution >= 0.6 is 11.3 Å². The summed E-state index contributed by atoms with van der Waals surface area (Å²) in [5.41, 5.74) is 2.06. The lowest BCUT2D eigenvalue weighted by atomic mass is 10.1. The van der Waals surface area contributed by atoms with Crippen LogP contribution in [0.15, 0.2) is 11.6 Å². The van der Waals surface area contributed by atoms with Crippen molar-refractivity contribution in [1.82, 2.24) is 19.7 Å². The molecule has 1 fully saturated rings. The van der Waals surface area contributed by atoms with Crippen molar-refractivity contribution in [2.45, 2.75) is 25.8 Å². The maximum absolute atomic E-state index is 12.6. The van der Waals surface area contributed by atoms with Crippen LogP contribution in [0, 0.1) is 6.92 Å². The summed E-state index contributed by atoms with van der Waals surface area (Å²) in [6.07, 6.45) is 3.79. The fraction of sp³-hybridized carbons (Fsp3) is 0.562. The zero-order valence-electron chi connectivity index (χ0n) is 14.5. The Labute approximate surface area is 145 Å². The van der Waals surface area contributed by atoms with Crippen molar-refractivity contribution in [1.29, 1.82) is 0 Å². The number of amides is 1. The molecule has 0 unspecified atom stereocenters. The predicted molar refractivity (Wildman–Crippen MR) is 93.6 cm³/mol. The zero-order chi connectivity index (χ0) is 17.3. The molecule has 1 saturated heterocycles. The predicted octanol–water partition coefficient (Wildman–Crippen LogP) is 1.99. The van der Waals surface area contributed by atoms with Gasteiger partial charge in [0.1, 0.15) is 0 Å². The summed E-state index contributed by atoms with van der Waals surface area (Å²) in [4.78, 5) is 20.7. The Morgan fingerprint density at radius 3 is 3.00 bits per heavy atom. The molecule has 7 nitrogen and oxygen atoms in total. The molecule has 1 aliphatic rings. The van der Waals surface area contributed by atoms with E-state index in [1.807, 2.05) is 19.4 Å². The van der Waals surface area contributed by atoms with Gasteiger partial charge in [-0.15, -0.1) is 11.3 Å². The van der Waals surface area contributed by atoms with Crippen molar-refractivity contribution in [2.75, 3.05) is 32.1 Å². The smallest absolute Gasteiger partial charge is 0.242 e. The van der Waals surface area contributed by atoms with E-state index in [2.05, 4.69) is 15.0 Å². The molecule has 0 aliphatic carbocycles. The number of aryl methyl sites for hydroxylation is 2. The van der Waals surface area contributed by atoms with Crippen molar-refractivity contribution in [3.8, 4) is 5.88 Å². The highest BCUT2D eigenvalue weighted by Crippen LogP contribution is 2.38. The van der Waals surface area contributed by atoms with E-state index in [-0.39, 0.29) is 11.9 Å². The van der Waals surface area contributed by atoms with Crippen molar-refractivity contribution in [2.24, 2.45) is 7.05 Å². The van der Waals surface area contributed by atoms with E-state index in [0.717, 1.165) is 41.7 Å². The van der Waals surface area contributed by atoms with Crippen molar-refractivity contribution in [3.05, 3.63) is 22.8 Å². The minimum absolute atomic E-state index is 0.0531. The SMILES string of the molecule is COc1c([C@H]2CCCN2CC(=O)N(C)c2nccs2)c(C)nn1C. The highest BCUT2D eigenvalue weighted by atomic mass is 32.1. The molecule has 0 spiro atoms. The molecule has 0 aromatic carbocycles. The van der Waals surface area contributed by atoms with Gasteiger partial charge in [0, 0.05) is 31.7 Å². The molecule has 2 aromatic heterocycles. The number of thiazole rings is 1. The first kappa shape index (κ1) is 16.9. The second kappa shape index (κ2) is 6.90. The monoisotopic (exact) mass is 349 g/mol. The van der Waals surface area contributed by atoms with Crippen molar-refractivity contribution >= 4 is 22.4 Å². The highest BCUT2D eigenvalue weighted by molar-refractivity contribution is 7.13. The number of hydrogen-bond donors (Lipinski definition) is 0. The summed E-state index contributed by atoms with van der Waals surface area (Å²) in [5.74, 6) is 0.836. The third-order valence-electron chi connectivity index (χ3n) is 4.52.